The molecule has 1 heterocycles. The molecule has 0 aliphatic rings. The molecule has 16 heavy (non-hydrogen) atoms. The van der Waals surface area contributed by atoms with Crippen LogP contribution >= 0.6 is 23.2 Å². The van der Waals surface area contributed by atoms with E-state index in [-0.39, 0.29) is 6.61 Å². The molecule has 0 saturated carbocycles. The van der Waals surface area contributed by atoms with Crippen molar-refractivity contribution in [3.63, 3.8) is 0 Å². The van der Waals surface area contributed by atoms with E-state index < -0.39 is 0 Å². The van der Waals surface area contributed by atoms with E-state index in [0.29, 0.717) is 21.4 Å². The Balaban J connectivity index is 2.55. The number of halogens is 2. The molecular formula is C11H10Cl2N2O. The number of aromatic nitrogens is 2. The number of aryl methyl sites for hydroxylation is 1. The second-order valence-electron chi connectivity index (χ2n) is 3.41. The standard InChI is InChI=1S/C11H10Cl2N2O/c1-15-11(13)9(6-16)10(14-15)7-2-4-8(12)5-3-7/h2-5,16H,6H2,1H3. The Hall–Kier alpha value is -1.03. The average Bonchev–Trinajstić information content (AvgIpc) is 2.56. The Morgan fingerprint density at radius 3 is 2.44 bits per heavy atom. The average molecular weight is 257 g/mol. The lowest BCUT2D eigenvalue weighted by Crippen LogP contribution is -1.89. The highest BCUT2D eigenvalue weighted by atomic mass is 35.5. The molecule has 84 valence electrons. The first-order valence-corrected chi connectivity index (χ1v) is 5.47. The van der Waals surface area contributed by atoms with Crippen molar-refractivity contribution in [2.75, 3.05) is 0 Å². The number of benzene rings is 1. The van der Waals surface area contributed by atoms with Crippen LogP contribution in [0.2, 0.25) is 10.2 Å². The quantitative estimate of drug-likeness (QED) is 0.898. The van der Waals surface area contributed by atoms with Crippen molar-refractivity contribution < 1.29 is 5.11 Å². The van der Waals surface area contributed by atoms with Crippen molar-refractivity contribution in [3.05, 3.63) is 40.0 Å². The van der Waals surface area contributed by atoms with E-state index in [2.05, 4.69) is 5.10 Å². The second-order valence-corrected chi connectivity index (χ2v) is 4.20. The van der Waals surface area contributed by atoms with Gasteiger partial charge in [0.1, 0.15) is 5.15 Å². The summed E-state index contributed by atoms with van der Waals surface area (Å²) in [6.07, 6.45) is 0. The van der Waals surface area contributed by atoms with Crippen molar-refractivity contribution in [3.8, 4) is 11.3 Å². The van der Waals surface area contributed by atoms with Crippen LogP contribution in [0.4, 0.5) is 0 Å². The second kappa shape index (κ2) is 4.45. The van der Waals surface area contributed by atoms with Gasteiger partial charge >= 0.3 is 0 Å². The molecular weight excluding hydrogens is 247 g/mol. The number of hydrogen-bond donors (Lipinski definition) is 1. The van der Waals surface area contributed by atoms with Crippen LogP contribution in [0.25, 0.3) is 11.3 Å². The van der Waals surface area contributed by atoms with Crippen LogP contribution in [-0.2, 0) is 13.7 Å². The predicted octanol–water partition coefficient (Wildman–Crippen LogP) is 2.89. The highest BCUT2D eigenvalue weighted by Crippen LogP contribution is 2.28. The number of rotatable bonds is 2. The van der Waals surface area contributed by atoms with Gasteiger partial charge in [0, 0.05) is 23.2 Å². The summed E-state index contributed by atoms with van der Waals surface area (Å²) in [5.74, 6) is 0. The van der Waals surface area contributed by atoms with Crippen molar-refractivity contribution in [2.45, 2.75) is 6.61 Å². The highest BCUT2D eigenvalue weighted by Gasteiger charge is 2.14. The van der Waals surface area contributed by atoms with E-state index in [0.717, 1.165) is 5.56 Å². The summed E-state index contributed by atoms with van der Waals surface area (Å²) < 4.78 is 1.54. The molecule has 0 bridgehead atoms. The summed E-state index contributed by atoms with van der Waals surface area (Å²) in [6, 6.07) is 7.25. The van der Waals surface area contributed by atoms with E-state index in [1.165, 1.54) is 4.68 Å². The topological polar surface area (TPSA) is 38.0 Å². The van der Waals surface area contributed by atoms with Gasteiger partial charge in [0.25, 0.3) is 0 Å². The maximum absolute atomic E-state index is 9.26. The molecule has 1 aromatic heterocycles. The van der Waals surface area contributed by atoms with Crippen LogP contribution < -0.4 is 0 Å². The molecule has 1 aromatic carbocycles. The minimum absolute atomic E-state index is 0.134. The normalized spacial score (nSPS) is 10.8. The smallest absolute Gasteiger partial charge is 0.132 e. The molecule has 0 fully saturated rings. The van der Waals surface area contributed by atoms with Gasteiger partial charge in [0.15, 0.2) is 0 Å². The van der Waals surface area contributed by atoms with Crippen molar-refractivity contribution in [1.29, 1.82) is 0 Å². The zero-order chi connectivity index (χ0) is 11.7. The number of aliphatic hydroxyl groups is 1. The molecule has 1 N–H and O–H groups in total. The predicted molar refractivity (Wildman–Crippen MR) is 64.6 cm³/mol. The number of aliphatic hydroxyl groups excluding tert-OH is 1. The Morgan fingerprint density at radius 2 is 1.88 bits per heavy atom. The summed E-state index contributed by atoms with van der Waals surface area (Å²) >= 11 is 11.8. The summed E-state index contributed by atoms with van der Waals surface area (Å²) in [5, 5.41) is 14.6. The third-order valence-corrected chi connectivity index (χ3v) is 3.07. The van der Waals surface area contributed by atoms with Crippen molar-refractivity contribution in [1.82, 2.24) is 9.78 Å². The Kier molecular flexibility index (Phi) is 3.19. The Labute approximate surface area is 103 Å². The molecule has 0 amide bonds. The van der Waals surface area contributed by atoms with Gasteiger partial charge in [-0.3, -0.25) is 4.68 Å². The van der Waals surface area contributed by atoms with E-state index in [1.54, 1.807) is 19.2 Å². The molecule has 0 unspecified atom stereocenters. The van der Waals surface area contributed by atoms with Crippen LogP contribution in [0.5, 0.6) is 0 Å². The molecule has 5 heteroatoms. The van der Waals surface area contributed by atoms with Gasteiger partial charge in [-0.25, -0.2) is 0 Å². The fourth-order valence-electron chi connectivity index (χ4n) is 1.53. The molecule has 0 radical (unpaired) electrons. The first-order valence-electron chi connectivity index (χ1n) is 4.71. The molecule has 0 atom stereocenters. The van der Waals surface area contributed by atoms with Gasteiger partial charge < -0.3 is 5.11 Å². The fraction of sp³-hybridized carbons (Fsp3) is 0.182. The zero-order valence-electron chi connectivity index (χ0n) is 8.61. The summed E-state index contributed by atoms with van der Waals surface area (Å²) in [4.78, 5) is 0. The molecule has 0 saturated heterocycles. The van der Waals surface area contributed by atoms with Gasteiger partial charge in [0.2, 0.25) is 0 Å². The van der Waals surface area contributed by atoms with Gasteiger partial charge in [-0.1, -0.05) is 35.3 Å². The first-order chi connectivity index (χ1) is 7.63. The summed E-state index contributed by atoms with van der Waals surface area (Å²) in [7, 11) is 1.74. The minimum atomic E-state index is -0.134. The third kappa shape index (κ3) is 1.94. The zero-order valence-corrected chi connectivity index (χ0v) is 10.1. The van der Waals surface area contributed by atoms with Crippen LogP contribution in [0.3, 0.4) is 0 Å². The molecule has 0 aliphatic carbocycles. The number of nitrogens with zero attached hydrogens (tertiary/aromatic N) is 2. The number of hydrogen-bond acceptors (Lipinski definition) is 2. The Morgan fingerprint density at radius 1 is 1.25 bits per heavy atom. The SMILES string of the molecule is Cn1nc(-c2ccc(Cl)cc2)c(CO)c1Cl. The van der Waals surface area contributed by atoms with Crippen LogP contribution in [0, 0.1) is 0 Å². The maximum atomic E-state index is 9.26. The molecule has 3 nitrogen and oxygen atoms in total. The largest absolute Gasteiger partial charge is 0.391 e. The molecule has 2 rings (SSSR count). The minimum Gasteiger partial charge on any atom is -0.391 e. The lowest BCUT2D eigenvalue weighted by molar-refractivity contribution is 0.282. The van der Waals surface area contributed by atoms with Gasteiger partial charge in [-0.2, -0.15) is 5.10 Å². The first kappa shape index (κ1) is 11.5. The van der Waals surface area contributed by atoms with Gasteiger partial charge in [-0.05, 0) is 12.1 Å². The van der Waals surface area contributed by atoms with Crippen LogP contribution in [0.1, 0.15) is 5.56 Å². The molecule has 0 spiro atoms. The molecule has 0 aliphatic heterocycles. The van der Waals surface area contributed by atoms with Crippen LogP contribution in [-0.4, -0.2) is 14.9 Å². The van der Waals surface area contributed by atoms with Crippen molar-refractivity contribution in [2.24, 2.45) is 7.05 Å². The fourth-order valence-corrected chi connectivity index (χ4v) is 1.84. The van der Waals surface area contributed by atoms with Gasteiger partial charge in [-0.15, -0.1) is 0 Å². The lowest BCUT2D eigenvalue weighted by atomic mass is 10.1. The summed E-state index contributed by atoms with van der Waals surface area (Å²) in [5.41, 5.74) is 2.20. The Bertz CT molecular complexity index is 505. The van der Waals surface area contributed by atoms with Crippen LogP contribution in [0.15, 0.2) is 24.3 Å². The monoisotopic (exact) mass is 256 g/mol. The van der Waals surface area contributed by atoms with E-state index >= 15 is 0 Å². The van der Waals surface area contributed by atoms with E-state index in [1.807, 2.05) is 12.1 Å². The van der Waals surface area contributed by atoms with E-state index in [4.69, 9.17) is 23.2 Å². The lowest BCUT2D eigenvalue weighted by Gasteiger charge is -1.99. The maximum Gasteiger partial charge on any atom is 0.132 e. The van der Waals surface area contributed by atoms with Gasteiger partial charge in [0.05, 0.1) is 12.3 Å². The van der Waals surface area contributed by atoms with Crippen molar-refractivity contribution >= 4 is 23.2 Å². The highest BCUT2D eigenvalue weighted by molar-refractivity contribution is 6.31. The van der Waals surface area contributed by atoms with E-state index in [9.17, 15) is 5.11 Å². The summed E-state index contributed by atoms with van der Waals surface area (Å²) in [6.45, 7) is -0.134. The molecule has 2 aromatic rings. The third-order valence-electron chi connectivity index (χ3n) is 2.34.